The van der Waals surface area contributed by atoms with E-state index in [0.717, 1.165) is 44.1 Å². The summed E-state index contributed by atoms with van der Waals surface area (Å²) >= 11 is 0. The van der Waals surface area contributed by atoms with E-state index >= 15 is 0 Å². The van der Waals surface area contributed by atoms with Gasteiger partial charge < -0.3 is 11.5 Å². The summed E-state index contributed by atoms with van der Waals surface area (Å²) in [7, 11) is 0. The molecule has 0 spiro atoms. The Labute approximate surface area is 207 Å². The summed E-state index contributed by atoms with van der Waals surface area (Å²) in [6.07, 6.45) is 6.44. The van der Waals surface area contributed by atoms with Crippen molar-refractivity contribution in [2.45, 2.75) is 92.4 Å². The average molecular weight is 469 g/mol. The monoisotopic (exact) mass is 468 g/mol. The number of carbonyl (C=O) groups excluding carboxylic acids is 2. The number of rotatable bonds is 8. The van der Waals surface area contributed by atoms with E-state index in [0.29, 0.717) is 30.1 Å². The summed E-state index contributed by atoms with van der Waals surface area (Å²) in [6.45, 7) is 13.4. The topological polar surface area (TPSA) is 86.2 Å². The maximum absolute atomic E-state index is 13.7. The fourth-order valence-electron chi connectivity index (χ4n) is 8.19. The van der Waals surface area contributed by atoms with Crippen molar-refractivity contribution in [3.63, 3.8) is 0 Å². The summed E-state index contributed by atoms with van der Waals surface area (Å²) in [6, 6.07) is 10.4. The van der Waals surface area contributed by atoms with Crippen LogP contribution in [0.3, 0.4) is 0 Å². The largest absolute Gasteiger partial charge is 0.369 e. The van der Waals surface area contributed by atoms with Crippen LogP contribution < -0.4 is 11.5 Å². The lowest BCUT2D eigenvalue weighted by Crippen LogP contribution is -2.56. The van der Waals surface area contributed by atoms with Crippen molar-refractivity contribution >= 4 is 11.8 Å². The zero-order valence-electron chi connectivity index (χ0n) is 22.3. The molecule has 0 radical (unpaired) electrons. The van der Waals surface area contributed by atoms with Crippen LogP contribution in [0.1, 0.15) is 98.0 Å². The van der Waals surface area contributed by atoms with E-state index in [-0.39, 0.29) is 29.6 Å². The van der Waals surface area contributed by atoms with Gasteiger partial charge in [-0.15, -0.1) is 0 Å². The Balaban J connectivity index is 2.25. The first-order valence-corrected chi connectivity index (χ1v) is 13.6. The molecule has 2 aliphatic carbocycles. The van der Waals surface area contributed by atoms with Crippen molar-refractivity contribution in [3.05, 3.63) is 35.9 Å². The number of primary amides is 2. The van der Waals surface area contributed by atoms with Gasteiger partial charge in [0, 0.05) is 0 Å². The Morgan fingerprint density at radius 3 is 1.85 bits per heavy atom. The van der Waals surface area contributed by atoms with E-state index in [4.69, 9.17) is 11.5 Å². The van der Waals surface area contributed by atoms with Gasteiger partial charge >= 0.3 is 0 Å². The van der Waals surface area contributed by atoms with Crippen LogP contribution >= 0.6 is 0 Å². The summed E-state index contributed by atoms with van der Waals surface area (Å²) in [5.41, 5.74) is 12.6. The molecule has 1 aromatic rings. The Kier molecular flexibility index (Phi) is 8.20. The Hall–Kier alpha value is -1.84. The van der Waals surface area contributed by atoms with E-state index in [1.165, 1.54) is 0 Å². The SMILES string of the molecule is CC1CCC(C(C)C)C(C[C@@H](c2ccccc2)C2(C(N)=O)CC(C)CCC2C(C)C)(C(N)=O)C1. The van der Waals surface area contributed by atoms with Crippen molar-refractivity contribution in [1.82, 2.24) is 0 Å². The Bertz CT molecular complexity index is 851. The van der Waals surface area contributed by atoms with E-state index in [1.54, 1.807) is 0 Å². The molecule has 2 fully saturated rings. The highest BCUT2D eigenvalue weighted by Crippen LogP contribution is 2.61. The van der Waals surface area contributed by atoms with Crippen molar-refractivity contribution < 1.29 is 9.59 Å². The van der Waals surface area contributed by atoms with Crippen LogP contribution in [0, 0.1) is 46.3 Å². The fourth-order valence-corrected chi connectivity index (χ4v) is 8.19. The van der Waals surface area contributed by atoms with E-state index < -0.39 is 10.8 Å². The minimum absolute atomic E-state index is 0.125. The van der Waals surface area contributed by atoms with Crippen LogP contribution in [0.5, 0.6) is 0 Å². The number of hydrogen-bond donors (Lipinski definition) is 2. The molecule has 3 rings (SSSR count). The van der Waals surface area contributed by atoms with E-state index in [1.807, 2.05) is 18.2 Å². The van der Waals surface area contributed by atoms with Gasteiger partial charge in [-0.3, -0.25) is 9.59 Å². The van der Waals surface area contributed by atoms with Gasteiger partial charge in [-0.1, -0.05) is 84.7 Å². The second kappa shape index (κ2) is 10.4. The Morgan fingerprint density at radius 1 is 0.824 bits per heavy atom. The normalized spacial score (nSPS) is 35.3. The van der Waals surface area contributed by atoms with Gasteiger partial charge in [0.15, 0.2) is 0 Å². The summed E-state index contributed by atoms with van der Waals surface area (Å²) < 4.78 is 0. The van der Waals surface area contributed by atoms with Gasteiger partial charge in [-0.2, -0.15) is 0 Å². The minimum Gasteiger partial charge on any atom is -0.369 e. The molecule has 1 aromatic carbocycles. The molecule has 0 saturated heterocycles. The van der Waals surface area contributed by atoms with Crippen LogP contribution in [0.4, 0.5) is 0 Å². The molecule has 0 bridgehead atoms. The molecule has 7 atom stereocenters. The smallest absolute Gasteiger partial charge is 0.224 e. The predicted molar refractivity (Wildman–Crippen MR) is 140 cm³/mol. The van der Waals surface area contributed by atoms with Gasteiger partial charge in [0.2, 0.25) is 11.8 Å². The maximum atomic E-state index is 13.7. The zero-order chi connectivity index (χ0) is 25.3. The minimum atomic E-state index is -0.683. The lowest BCUT2D eigenvalue weighted by atomic mass is 9.48. The first kappa shape index (κ1) is 26.8. The van der Waals surface area contributed by atoms with Gasteiger partial charge in [0.25, 0.3) is 0 Å². The van der Waals surface area contributed by atoms with Gasteiger partial charge in [-0.05, 0) is 79.1 Å². The second-order valence-electron chi connectivity index (χ2n) is 12.6. The quantitative estimate of drug-likeness (QED) is 0.470. The van der Waals surface area contributed by atoms with Crippen LogP contribution in [0.25, 0.3) is 0 Å². The summed E-state index contributed by atoms with van der Waals surface area (Å²) in [5.74, 6) is 1.44. The molecule has 34 heavy (non-hydrogen) atoms. The predicted octanol–water partition coefficient (Wildman–Crippen LogP) is 6.29. The number of hydrogen-bond acceptors (Lipinski definition) is 2. The number of benzene rings is 1. The summed E-state index contributed by atoms with van der Waals surface area (Å²) in [5, 5.41) is 0. The van der Waals surface area contributed by atoms with Crippen LogP contribution in [0.2, 0.25) is 0 Å². The van der Waals surface area contributed by atoms with Gasteiger partial charge in [-0.25, -0.2) is 0 Å². The van der Waals surface area contributed by atoms with Gasteiger partial charge in [0.05, 0.1) is 10.8 Å². The molecule has 4 N–H and O–H groups in total. The number of nitrogens with two attached hydrogens (primary N) is 2. The number of amides is 2. The molecular weight excluding hydrogens is 420 g/mol. The highest BCUT2D eigenvalue weighted by atomic mass is 16.2. The maximum Gasteiger partial charge on any atom is 0.224 e. The van der Waals surface area contributed by atoms with E-state index in [2.05, 4.69) is 53.7 Å². The molecule has 4 heteroatoms. The highest BCUT2D eigenvalue weighted by molar-refractivity contribution is 5.84. The summed E-state index contributed by atoms with van der Waals surface area (Å²) in [4.78, 5) is 27.1. The lowest BCUT2D eigenvalue weighted by molar-refractivity contribution is -0.147. The Morgan fingerprint density at radius 2 is 1.35 bits per heavy atom. The van der Waals surface area contributed by atoms with Crippen molar-refractivity contribution in [2.75, 3.05) is 0 Å². The molecule has 2 saturated carbocycles. The molecule has 2 aliphatic rings. The van der Waals surface area contributed by atoms with Crippen molar-refractivity contribution in [3.8, 4) is 0 Å². The first-order chi connectivity index (χ1) is 16.0. The third-order valence-electron chi connectivity index (χ3n) is 9.66. The second-order valence-corrected chi connectivity index (χ2v) is 12.6. The van der Waals surface area contributed by atoms with Crippen LogP contribution in [-0.4, -0.2) is 11.8 Å². The molecular formula is C30H48N2O2. The molecule has 190 valence electrons. The zero-order valence-corrected chi connectivity index (χ0v) is 22.3. The van der Waals surface area contributed by atoms with E-state index in [9.17, 15) is 9.59 Å². The van der Waals surface area contributed by atoms with Crippen molar-refractivity contribution in [2.24, 2.45) is 57.8 Å². The molecule has 0 heterocycles. The van der Waals surface area contributed by atoms with Crippen molar-refractivity contribution in [1.29, 1.82) is 0 Å². The first-order valence-electron chi connectivity index (χ1n) is 13.6. The highest BCUT2D eigenvalue weighted by Gasteiger charge is 2.58. The number of carbonyl (C=O) groups is 2. The van der Waals surface area contributed by atoms with Crippen LogP contribution in [0.15, 0.2) is 30.3 Å². The third-order valence-corrected chi connectivity index (χ3v) is 9.66. The standard InChI is InChI=1S/C30H48N2O2/c1-19(2)24-14-12-21(5)16-29(24,27(31)33)18-26(23-10-8-7-9-11-23)30(28(32)34)17-22(6)13-15-25(30)20(3)4/h7-11,19-22,24-26H,12-18H2,1-6H3,(H2,31,33)(H2,32,34)/t21?,22?,24?,25?,26-,29?,30?/m0/s1. The lowest BCUT2D eigenvalue weighted by Gasteiger charge is -2.55. The molecule has 0 aliphatic heterocycles. The third kappa shape index (κ3) is 4.79. The molecule has 2 amide bonds. The average Bonchev–Trinajstić information content (AvgIpc) is 2.77. The molecule has 0 aromatic heterocycles. The van der Waals surface area contributed by atoms with Crippen LogP contribution in [-0.2, 0) is 9.59 Å². The molecule has 4 nitrogen and oxygen atoms in total. The van der Waals surface area contributed by atoms with Gasteiger partial charge in [0.1, 0.15) is 0 Å². The fraction of sp³-hybridized carbons (Fsp3) is 0.733. The molecule has 6 unspecified atom stereocenters.